The van der Waals surface area contributed by atoms with E-state index in [2.05, 4.69) is 5.10 Å². The third kappa shape index (κ3) is 2.27. The van der Waals surface area contributed by atoms with Crippen LogP contribution in [0.5, 0.6) is 0 Å². The predicted octanol–water partition coefficient (Wildman–Crippen LogP) is 1.55. The van der Waals surface area contributed by atoms with Crippen LogP contribution in [0.4, 0.5) is 11.5 Å². The molecule has 1 aliphatic carbocycles. The summed E-state index contributed by atoms with van der Waals surface area (Å²) in [6, 6.07) is 6.35. The second-order valence-corrected chi connectivity index (χ2v) is 6.99. The zero-order valence-electron chi connectivity index (χ0n) is 11.6. The number of nitrogen functional groups attached to an aromatic ring is 2. The molecule has 0 amide bonds. The highest BCUT2D eigenvalue weighted by Crippen LogP contribution is 2.29. The highest BCUT2D eigenvalue weighted by Gasteiger charge is 2.27. The first-order valence-electron chi connectivity index (χ1n) is 6.98. The van der Waals surface area contributed by atoms with Gasteiger partial charge >= 0.3 is 0 Å². The van der Waals surface area contributed by atoms with Gasteiger partial charge in [-0.2, -0.15) is 13.5 Å². The molecular weight excluding hydrogens is 288 g/mol. The molecule has 21 heavy (non-hydrogen) atoms. The number of aromatic nitrogens is 2. The molecule has 0 spiro atoms. The molecule has 3 rings (SSSR count). The van der Waals surface area contributed by atoms with Crippen molar-refractivity contribution in [1.82, 2.24) is 9.19 Å². The number of para-hydroxylation sites is 1. The summed E-state index contributed by atoms with van der Waals surface area (Å²) < 4.78 is 26.4. The Hall–Kier alpha value is -2.02. The molecule has 1 aromatic carbocycles. The summed E-state index contributed by atoms with van der Waals surface area (Å²) in [5, 5.41) is 4.25. The number of nitrogens with zero attached hydrogens (tertiary/aromatic N) is 2. The molecule has 7 heteroatoms. The molecule has 0 fully saturated rings. The van der Waals surface area contributed by atoms with Crippen molar-refractivity contribution < 1.29 is 8.42 Å². The van der Waals surface area contributed by atoms with Gasteiger partial charge in [0.15, 0.2) is 0 Å². The van der Waals surface area contributed by atoms with Crippen LogP contribution in [0, 0.1) is 0 Å². The third-order valence-corrected chi connectivity index (χ3v) is 5.50. The van der Waals surface area contributed by atoms with E-state index in [1.54, 1.807) is 18.2 Å². The van der Waals surface area contributed by atoms with Gasteiger partial charge in [0.05, 0.1) is 11.4 Å². The summed E-state index contributed by atoms with van der Waals surface area (Å²) in [5.41, 5.74) is 13.7. The first-order valence-corrected chi connectivity index (χ1v) is 8.42. The normalized spacial score (nSPS) is 15.4. The van der Waals surface area contributed by atoms with Gasteiger partial charge in [0.25, 0.3) is 10.0 Å². The van der Waals surface area contributed by atoms with Gasteiger partial charge in [-0.3, -0.25) is 0 Å². The molecule has 4 N–H and O–H groups in total. The predicted molar refractivity (Wildman–Crippen MR) is 81.3 cm³/mol. The lowest BCUT2D eigenvalue weighted by Crippen LogP contribution is -2.18. The molecule has 6 nitrogen and oxygen atoms in total. The Bertz CT molecular complexity index is 780. The fourth-order valence-electron chi connectivity index (χ4n) is 2.72. The SMILES string of the molecule is Nc1ccccc1S(=O)(=O)n1nc2c(c1N)CCCCC2. The van der Waals surface area contributed by atoms with Crippen LogP contribution in [0.15, 0.2) is 29.2 Å². The molecular formula is C14H18N4O2S. The highest BCUT2D eigenvalue weighted by atomic mass is 32.2. The van der Waals surface area contributed by atoms with Crippen molar-refractivity contribution in [2.45, 2.75) is 37.0 Å². The topological polar surface area (TPSA) is 104 Å². The summed E-state index contributed by atoms with van der Waals surface area (Å²) in [6.07, 6.45) is 4.69. The Morgan fingerprint density at radius 1 is 1.05 bits per heavy atom. The lowest BCUT2D eigenvalue weighted by atomic mass is 10.1. The van der Waals surface area contributed by atoms with Crippen molar-refractivity contribution in [2.24, 2.45) is 0 Å². The first-order chi connectivity index (χ1) is 10.0. The summed E-state index contributed by atoms with van der Waals surface area (Å²) in [6.45, 7) is 0. The van der Waals surface area contributed by atoms with Crippen LogP contribution < -0.4 is 11.5 Å². The molecule has 0 saturated carbocycles. The number of rotatable bonds is 2. The van der Waals surface area contributed by atoms with Gasteiger partial charge in [-0.1, -0.05) is 18.6 Å². The van der Waals surface area contributed by atoms with E-state index < -0.39 is 10.0 Å². The average Bonchev–Trinajstić information content (AvgIpc) is 2.64. The second kappa shape index (κ2) is 5.07. The Kier molecular flexibility index (Phi) is 3.36. The van der Waals surface area contributed by atoms with Crippen molar-refractivity contribution in [3.05, 3.63) is 35.5 Å². The molecule has 112 valence electrons. The summed E-state index contributed by atoms with van der Waals surface area (Å²) >= 11 is 0. The fourth-order valence-corrected chi connectivity index (χ4v) is 4.10. The molecule has 0 radical (unpaired) electrons. The van der Waals surface area contributed by atoms with E-state index in [-0.39, 0.29) is 16.4 Å². The van der Waals surface area contributed by atoms with Crippen LogP contribution in [0.3, 0.4) is 0 Å². The van der Waals surface area contributed by atoms with E-state index in [0.717, 1.165) is 47.4 Å². The van der Waals surface area contributed by atoms with Gasteiger partial charge in [-0.25, -0.2) is 0 Å². The Balaban J connectivity index is 2.15. The number of hydrogen-bond acceptors (Lipinski definition) is 5. The van der Waals surface area contributed by atoms with Crippen LogP contribution in [0.1, 0.15) is 30.5 Å². The number of benzene rings is 1. The third-order valence-electron chi connectivity index (χ3n) is 3.84. The van der Waals surface area contributed by atoms with Gasteiger partial charge in [-0.05, 0) is 37.8 Å². The molecule has 0 unspecified atom stereocenters. The summed E-state index contributed by atoms with van der Waals surface area (Å²) in [5.74, 6) is 0.218. The smallest absolute Gasteiger partial charge is 0.286 e. The number of aryl methyl sites for hydroxylation is 1. The lowest BCUT2D eigenvalue weighted by Gasteiger charge is -2.09. The van der Waals surface area contributed by atoms with Crippen LogP contribution in [-0.4, -0.2) is 17.6 Å². The van der Waals surface area contributed by atoms with Gasteiger partial charge < -0.3 is 11.5 Å². The number of fused-ring (bicyclic) bond motifs is 1. The average molecular weight is 306 g/mol. The van der Waals surface area contributed by atoms with Crippen LogP contribution in [0.25, 0.3) is 0 Å². The van der Waals surface area contributed by atoms with Gasteiger partial charge in [0.1, 0.15) is 10.7 Å². The number of nitrogens with two attached hydrogens (primary N) is 2. The van der Waals surface area contributed by atoms with E-state index in [1.807, 2.05) is 0 Å². The van der Waals surface area contributed by atoms with Crippen molar-refractivity contribution in [3.63, 3.8) is 0 Å². The minimum Gasteiger partial charge on any atom is -0.398 e. The van der Waals surface area contributed by atoms with E-state index in [9.17, 15) is 8.42 Å². The van der Waals surface area contributed by atoms with E-state index in [0.29, 0.717) is 0 Å². The monoisotopic (exact) mass is 306 g/mol. The molecule has 0 atom stereocenters. The number of anilines is 2. The van der Waals surface area contributed by atoms with E-state index in [4.69, 9.17) is 11.5 Å². The minimum atomic E-state index is -3.85. The maximum Gasteiger partial charge on any atom is 0.286 e. The molecule has 2 aromatic rings. The molecule has 0 aliphatic heterocycles. The standard InChI is InChI=1S/C14H18N4O2S/c15-11-7-4-5-9-13(11)21(19,20)18-14(16)10-6-2-1-3-8-12(10)17-18/h4-5,7,9H,1-3,6,8,15-16H2. The number of hydrogen-bond donors (Lipinski definition) is 2. The van der Waals surface area contributed by atoms with Gasteiger partial charge in [0.2, 0.25) is 0 Å². The highest BCUT2D eigenvalue weighted by molar-refractivity contribution is 7.90. The molecule has 1 heterocycles. The van der Waals surface area contributed by atoms with E-state index >= 15 is 0 Å². The lowest BCUT2D eigenvalue weighted by molar-refractivity contribution is 0.580. The van der Waals surface area contributed by atoms with Crippen LogP contribution >= 0.6 is 0 Å². The largest absolute Gasteiger partial charge is 0.398 e. The quantitative estimate of drug-likeness (QED) is 0.647. The van der Waals surface area contributed by atoms with Crippen molar-refractivity contribution in [1.29, 1.82) is 0 Å². The zero-order valence-corrected chi connectivity index (χ0v) is 12.4. The van der Waals surface area contributed by atoms with Crippen molar-refractivity contribution in [2.75, 3.05) is 11.5 Å². The molecule has 0 saturated heterocycles. The van der Waals surface area contributed by atoms with Gasteiger partial charge in [-0.15, -0.1) is 4.09 Å². The Labute approximate surface area is 123 Å². The maximum atomic E-state index is 12.7. The fraction of sp³-hybridized carbons (Fsp3) is 0.357. The summed E-state index contributed by atoms with van der Waals surface area (Å²) in [7, 11) is -3.85. The Morgan fingerprint density at radius 3 is 2.52 bits per heavy atom. The molecule has 1 aliphatic rings. The van der Waals surface area contributed by atoms with Crippen molar-refractivity contribution >= 4 is 21.5 Å². The molecule has 1 aromatic heterocycles. The zero-order chi connectivity index (χ0) is 15.0. The Morgan fingerprint density at radius 2 is 1.76 bits per heavy atom. The van der Waals surface area contributed by atoms with Crippen LogP contribution in [0.2, 0.25) is 0 Å². The molecule has 0 bridgehead atoms. The minimum absolute atomic E-state index is 0.0364. The second-order valence-electron chi connectivity index (χ2n) is 5.26. The van der Waals surface area contributed by atoms with E-state index in [1.165, 1.54) is 6.07 Å². The van der Waals surface area contributed by atoms with Gasteiger partial charge in [0, 0.05) is 5.56 Å². The van der Waals surface area contributed by atoms with Crippen LogP contribution in [-0.2, 0) is 22.9 Å². The maximum absolute atomic E-state index is 12.7. The first kappa shape index (κ1) is 13.9. The van der Waals surface area contributed by atoms with Crippen molar-refractivity contribution in [3.8, 4) is 0 Å². The summed E-state index contributed by atoms with van der Waals surface area (Å²) in [4.78, 5) is 0.0364.